The van der Waals surface area contributed by atoms with E-state index in [0.29, 0.717) is 26.9 Å². The summed E-state index contributed by atoms with van der Waals surface area (Å²) in [7, 11) is 1.41. The molecule has 12 nitrogen and oxygen atoms in total. The fourth-order valence-corrected chi connectivity index (χ4v) is 9.50. The predicted molar refractivity (Wildman–Crippen MR) is 197 cm³/mol. The number of carbonyl (C=O) groups excluding carboxylic acids is 4. The third-order valence-electron chi connectivity index (χ3n) is 11.3. The van der Waals surface area contributed by atoms with Crippen molar-refractivity contribution >= 4 is 56.6 Å². The van der Waals surface area contributed by atoms with Gasteiger partial charge in [0.25, 0.3) is 17.5 Å². The molecule has 3 fully saturated rings. The van der Waals surface area contributed by atoms with Gasteiger partial charge in [0.15, 0.2) is 11.5 Å². The van der Waals surface area contributed by atoms with E-state index in [-0.39, 0.29) is 35.7 Å². The number of aromatic hydroxyl groups is 1. The highest BCUT2D eigenvalue weighted by molar-refractivity contribution is 9.10. The van der Waals surface area contributed by atoms with Crippen molar-refractivity contribution in [2.45, 2.75) is 31.1 Å². The first-order chi connectivity index (χ1) is 25.5. The molecule has 8 rings (SSSR count). The molecule has 6 atom stereocenters. The van der Waals surface area contributed by atoms with Gasteiger partial charge in [-0.2, -0.15) is 5.01 Å². The largest absolute Gasteiger partial charge is 0.503 e. The number of non-ortho nitro benzene ring substituents is 1. The number of fused-ring (bicyclic) bond motifs is 4. The quantitative estimate of drug-likeness (QED) is 0.0917. The Kier molecular flexibility index (Phi) is 8.21. The Labute approximate surface area is 312 Å². The SMILES string of the molecule is COc1cc(C2C3=CCC4C(=O)N(c5cccc([N+](=O)[O-])c5)C(=O)C4C3CC3C(=O)N(Nc4ccc(C)cc4)C(=O)C32c2ccccc2)cc(Br)c1O. The van der Waals surface area contributed by atoms with Crippen molar-refractivity contribution in [1.82, 2.24) is 5.01 Å². The minimum atomic E-state index is -1.52. The van der Waals surface area contributed by atoms with Gasteiger partial charge in [-0.15, -0.1) is 0 Å². The second-order valence-electron chi connectivity index (χ2n) is 13.9. The molecule has 0 aromatic heterocycles. The van der Waals surface area contributed by atoms with Crippen molar-refractivity contribution in [3.05, 3.63) is 134 Å². The number of rotatable bonds is 7. The summed E-state index contributed by atoms with van der Waals surface area (Å²) < 4.78 is 5.87. The number of nitro groups is 1. The molecule has 2 saturated heterocycles. The number of phenols is 1. The smallest absolute Gasteiger partial charge is 0.271 e. The number of amides is 4. The van der Waals surface area contributed by atoms with Gasteiger partial charge >= 0.3 is 0 Å². The minimum absolute atomic E-state index is 0.0766. The number of aryl methyl sites for hydroxylation is 1. The van der Waals surface area contributed by atoms with Crippen LogP contribution in [0.15, 0.2) is 107 Å². The Balaban J connectivity index is 1.33. The Morgan fingerprint density at radius 2 is 1.66 bits per heavy atom. The summed E-state index contributed by atoms with van der Waals surface area (Å²) in [5.41, 5.74) is 4.80. The number of imide groups is 2. The van der Waals surface area contributed by atoms with Crippen LogP contribution in [-0.4, -0.2) is 45.8 Å². The van der Waals surface area contributed by atoms with E-state index in [1.54, 1.807) is 24.3 Å². The van der Waals surface area contributed by atoms with Crippen LogP contribution in [0, 0.1) is 40.7 Å². The summed E-state index contributed by atoms with van der Waals surface area (Å²) in [5, 5.41) is 23.6. The highest BCUT2D eigenvalue weighted by atomic mass is 79.9. The zero-order valence-electron chi connectivity index (χ0n) is 28.6. The second-order valence-corrected chi connectivity index (χ2v) is 14.8. The van der Waals surface area contributed by atoms with Gasteiger partial charge < -0.3 is 9.84 Å². The van der Waals surface area contributed by atoms with E-state index in [0.717, 1.165) is 15.5 Å². The number of benzene rings is 4. The number of carbonyl (C=O) groups is 4. The van der Waals surface area contributed by atoms with Crippen LogP contribution in [0.25, 0.3) is 0 Å². The van der Waals surface area contributed by atoms with Gasteiger partial charge in [-0.05, 0) is 83.1 Å². The summed E-state index contributed by atoms with van der Waals surface area (Å²) in [6.45, 7) is 1.93. The van der Waals surface area contributed by atoms with E-state index < -0.39 is 63.6 Å². The molecule has 268 valence electrons. The fraction of sp³-hybridized carbons (Fsp3) is 0.250. The second kappa shape index (κ2) is 12.7. The summed E-state index contributed by atoms with van der Waals surface area (Å²) in [6.07, 6.45) is 2.16. The standard InChI is InChI=1S/C40H33BrN4O8/c1-21-11-13-24(14-12-21)42-44-37(48)30-20-29-27(15-16-28-33(29)38(49)43(36(28)47)25-9-6-10-26(19-25)45(51)52)34(22-17-31(41)35(46)32(18-22)53-2)40(30,39(44)50)23-7-4-3-5-8-23/h3-15,17-19,28-30,33-34,42,46H,16,20H2,1-2H3. The Hall–Kier alpha value is -5.82. The van der Waals surface area contributed by atoms with Gasteiger partial charge in [-0.25, -0.2) is 4.90 Å². The van der Waals surface area contributed by atoms with Crippen LogP contribution < -0.4 is 15.1 Å². The van der Waals surface area contributed by atoms with Crippen LogP contribution in [0.2, 0.25) is 0 Å². The summed E-state index contributed by atoms with van der Waals surface area (Å²) in [6, 6.07) is 25.2. The summed E-state index contributed by atoms with van der Waals surface area (Å²) in [5.74, 6) is -6.15. The number of hydrogen-bond donors (Lipinski definition) is 2. The molecule has 4 amide bonds. The number of halogens is 1. The summed E-state index contributed by atoms with van der Waals surface area (Å²) >= 11 is 3.46. The lowest BCUT2D eigenvalue weighted by Gasteiger charge is -2.50. The average Bonchev–Trinajstić information content (AvgIpc) is 3.54. The maximum absolute atomic E-state index is 15.3. The molecular weight excluding hydrogens is 744 g/mol. The monoisotopic (exact) mass is 776 g/mol. The minimum Gasteiger partial charge on any atom is -0.503 e. The van der Waals surface area contributed by atoms with Crippen molar-refractivity contribution in [3.63, 3.8) is 0 Å². The van der Waals surface area contributed by atoms with Crippen LogP contribution in [-0.2, 0) is 24.6 Å². The lowest BCUT2D eigenvalue weighted by Crippen LogP contribution is -2.53. The van der Waals surface area contributed by atoms with E-state index in [9.17, 15) is 29.6 Å². The van der Waals surface area contributed by atoms with Crippen LogP contribution in [0.1, 0.15) is 35.4 Å². The molecule has 2 heterocycles. The highest BCUT2D eigenvalue weighted by Crippen LogP contribution is 2.64. The number of nitro benzene ring substituents is 1. The van der Waals surface area contributed by atoms with Gasteiger partial charge in [0, 0.05) is 18.1 Å². The average molecular weight is 778 g/mol. The molecule has 1 saturated carbocycles. The first-order valence-electron chi connectivity index (χ1n) is 17.1. The van der Waals surface area contributed by atoms with Crippen LogP contribution in [0.3, 0.4) is 0 Å². The van der Waals surface area contributed by atoms with Crippen molar-refractivity contribution in [3.8, 4) is 11.5 Å². The molecule has 0 spiro atoms. The molecule has 4 aliphatic rings. The predicted octanol–water partition coefficient (Wildman–Crippen LogP) is 6.57. The highest BCUT2D eigenvalue weighted by Gasteiger charge is 2.70. The van der Waals surface area contributed by atoms with Gasteiger partial charge in [0.05, 0.1) is 51.0 Å². The number of ether oxygens (including phenoxy) is 1. The maximum Gasteiger partial charge on any atom is 0.271 e. The van der Waals surface area contributed by atoms with Crippen LogP contribution in [0.4, 0.5) is 17.1 Å². The first kappa shape index (κ1) is 34.3. The molecule has 4 aromatic rings. The molecule has 2 N–H and O–H groups in total. The molecule has 13 heteroatoms. The van der Waals surface area contributed by atoms with Gasteiger partial charge in [-0.1, -0.05) is 65.7 Å². The Bertz CT molecular complexity index is 2260. The van der Waals surface area contributed by atoms with E-state index >= 15 is 4.79 Å². The number of nitrogens with zero attached hydrogens (tertiary/aromatic N) is 3. The lowest BCUT2D eigenvalue weighted by atomic mass is 9.49. The zero-order valence-corrected chi connectivity index (χ0v) is 30.1. The maximum atomic E-state index is 15.3. The number of nitrogens with one attached hydrogen (secondary N) is 1. The van der Waals surface area contributed by atoms with E-state index in [4.69, 9.17) is 4.74 Å². The molecule has 0 radical (unpaired) electrons. The van der Waals surface area contributed by atoms with E-state index in [2.05, 4.69) is 21.4 Å². The normalized spacial score (nSPS) is 26.2. The molecule has 6 unspecified atom stereocenters. The van der Waals surface area contributed by atoms with Crippen molar-refractivity contribution in [2.75, 3.05) is 17.4 Å². The van der Waals surface area contributed by atoms with E-state index in [1.165, 1.54) is 31.4 Å². The van der Waals surface area contributed by atoms with Crippen molar-refractivity contribution in [1.29, 1.82) is 0 Å². The summed E-state index contributed by atoms with van der Waals surface area (Å²) in [4.78, 5) is 70.8. The number of hydrazine groups is 1. The molecular formula is C40H33BrN4O8. The Morgan fingerprint density at radius 1 is 0.925 bits per heavy atom. The number of anilines is 2. The molecule has 2 aliphatic carbocycles. The molecule has 4 aromatic carbocycles. The van der Waals surface area contributed by atoms with Gasteiger partial charge in [0.1, 0.15) is 0 Å². The first-order valence-corrected chi connectivity index (χ1v) is 17.9. The Morgan fingerprint density at radius 3 is 2.36 bits per heavy atom. The van der Waals surface area contributed by atoms with Gasteiger partial charge in [0.2, 0.25) is 11.8 Å². The fourth-order valence-electron chi connectivity index (χ4n) is 9.04. The van der Waals surface area contributed by atoms with Gasteiger partial charge in [-0.3, -0.25) is 34.7 Å². The molecule has 0 bridgehead atoms. The molecule has 53 heavy (non-hydrogen) atoms. The van der Waals surface area contributed by atoms with Crippen LogP contribution in [0.5, 0.6) is 11.5 Å². The third-order valence-corrected chi connectivity index (χ3v) is 11.9. The number of hydrogen-bond acceptors (Lipinski definition) is 9. The third kappa shape index (κ3) is 5.08. The number of phenolic OH excluding ortho intramolecular Hbond substituents is 1. The number of methoxy groups -OCH3 is 1. The van der Waals surface area contributed by atoms with Crippen molar-refractivity contribution < 1.29 is 33.9 Å². The van der Waals surface area contributed by atoms with E-state index in [1.807, 2.05) is 55.5 Å². The lowest BCUT2D eigenvalue weighted by molar-refractivity contribution is -0.384. The zero-order chi connectivity index (χ0) is 37.3. The van der Waals surface area contributed by atoms with Crippen molar-refractivity contribution in [2.24, 2.45) is 23.7 Å². The van der Waals surface area contributed by atoms with Crippen LogP contribution >= 0.6 is 15.9 Å². The molecule has 2 aliphatic heterocycles. The topological polar surface area (TPSA) is 159 Å². The number of allylic oxidation sites excluding steroid dienone is 2.